The van der Waals surface area contributed by atoms with Crippen LogP contribution in [-0.2, 0) is 0 Å². The molecule has 1 fully saturated rings. The van der Waals surface area contributed by atoms with E-state index in [0.717, 1.165) is 0 Å². The molecule has 1 aromatic heterocycles. The number of hydrogen-bond acceptors (Lipinski definition) is 5. The number of phenolic OH excluding ortho intramolecular Hbond substituents is 1. The topological polar surface area (TPSA) is 89.8 Å². The first-order valence-electron chi connectivity index (χ1n) is 8.73. The van der Waals surface area contributed by atoms with Gasteiger partial charge in [-0.1, -0.05) is 32.4 Å². The summed E-state index contributed by atoms with van der Waals surface area (Å²) >= 11 is 6.04. The molecular formula is C19H23ClN4O3. The fourth-order valence-electron chi connectivity index (χ4n) is 3.30. The number of phenols is 1. The first-order chi connectivity index (χ1) is 12.7. The van der Waals surface area contributed by atoms with Crippen LogP contribution in [0.3, 0.4) is 0 Å². The Balaban J connectivity index is 1.91. The van der Waals surface area contributed by atoms with Crippen molar-refractivity contribution >= 4 is 23.6 Å². The molecule has 2 heterocycles. The smallest absolute Gasteiger partial charge is 0.407 e. The standard InChI is InChI=1S/C19H23ClN4O3/c1-19(2,3)16-11-23(8-9-24(16)18(26)27)17-21-7-6-14(22-17)13-10-12(20)4-5-15(13)25/h4-7,10,16,25H,8-9,11H2,1-3H3,(H,26,27). The molecule has 2 N–H and O–H groups in total. The third kappa shape index (κ3) is 4.08. The van der Waals surface area contributed by atoms with Crippen molar-refractivity contribution in [1.82, 2.24) is 14.9 Å². The minimum atomic E-state index is -0.909. The first-order valence-corrected chi connectivity index (χ1v) is 9.11. The van der Waals surface area contributed by atoms with Gasteiger partial charge in [-0.05, 0) is 29.7 Å². The monoisotopic (exact) mass is 390 g/mol. The van der Waals surface area contributed by atoms with E-state index in [-0.39, 0.29) is 17.2 Å². The highest BCUT2D eigenvalue weighted by Crippen LogP contribution is 2.32. The van der Waals surface area contributed by atoms with Crippen LogP contribution in [0.2, 0.25) is 5.02 Å². The Labute approximate surface area is 163 Å². The highest BCUT2D eigenvalue weighted by Gasteiger charge is 2.38. The molecule has 1 aliphatic heterocycles. The predicted molar refractivity (Wildman–Crippen MR) is 104 cm³/mol. The first kappa shape index (κ1) is 19.2. The molecule has 2 aromatic rings. The van der Waals surface area contributed by atoms with Gasteiger partial charge in [0.1, 0.15) is 5.75 Å². The van der Waals surface area contributed by atoms with Crippen molar-refractivity contribution < 1.29 is 15.0 Å². The second-order valence-electron chi connectivity index (χ2n) is 7.71. The zero-order valence-corrected chi connectivity index (χ0v) is 16.3. The lowest BCUT2D eigenvalue weighted by Crippen LogP contribution is -2.59. The summed E-state index contributed by atoms with van der Waals surface area (Å²) in [5.41, 5.74) is 0.871. The van der Waals surface area contributed by atoms with Crippen LogP contribution in [0.4, 0.5) is 10.7 Å². The number of anilines is 1. The summed E-state index contributed by atoms with van der Waals surface area (Å²) in [7, 11) is 0. The molecule has 1 atom stereocenters. The molecule has 0 spiro atoms. The summed E-state index contributed by atoms with van der Waals surface area (Å²) in [6, 6.07) is 6.32. The average molecular weight is 391 g/mol. The van der Waals surface area contributed by atoms with E-state index in [1.165, 1.54) is 11.0 Å². The zero-order chi connectivity index (χ0) is 19.8. The van der Waals surface area contributed by atoms with Crippen LogP contribution in [0, 0.1) is 5.41 Å². The lowest BCUT2D eigenvalue weighted by Gasteiger charge is -2.45. The summed E-state index contributed by atoms with van der Waals surface area (Å²) in [6.07, 6.45) is 0.723. The van der Waals surface area contributed by atoms with Gasteiger partial charge in [-0.2, -0.15) is 0 Å². The Hall–Kier alpha value is -2.54. The lowest BCUT2D eigenvalue weighted by atomic mass is 9.84. The third-order valence-electron chi connectivity index (χ3n) is 4.79. The Bertz CT molecular complexity index is 853. The van der Waals surface area contributed by atoms with E-state index in [2.05, 4.69) is 9.97 Å². The van der Waals surface area contributed by atoms with E-state index in [1.807, 2.05) is 25.7 Å². The number of hydrogen-bond donors (Lipinski definition) is 2. The van der Waals surface area contributed by atoms with Crippen molar-refractivity contribution in [2.75, 3.05) is 24.5 Å². The quantitative estimate of drug-likeness (QED) is 0.812. The fraction of sp³-hybridized carbons (Fsp3) is 0.421. The Kier molecular flexibility index (Phi) is 5.15. The minimum Gasteiger partial charge on any atom is -0.507 e. The highest BCUT2D eigenvalue weighted by molar-refractivity contribution is 6.30. The Morgan fingerprint density at radius 1 is 1.26 bits per heavy atom. The molecule has 1 amide bonds. The molecule has 0 bridgehead atoms. The maximum Gasteiger partial charge on any atom is 0.407 e. The summed E-state index contributed by atoms with van der Waals surface area (Å²) in [4.78, 5) is 24.0. The molecule has 7 nitrogen and oxygen atoms in total. The van der Waals surface area contributed by atoms with Gasteiger partial charge in [-0.15, -0.1) is 0 Å². The van der Waals surface area contributed by atoms with Gasteiger partial charge in [-0.3, -0.25) is 0 Å². The van der Waals surface area contributed by atoms with Crippen molar-refractivity contribution in [3.05, 3.63) is 35.5 Å². The molecule has 1 saturated heterocycles. The molecule has 0 saturated carbocycles. The van der Waals surface area contributed by atoms with E-state index in [4.69, 9.17) is 11.6 Å². The van der Waals surface area contributed by atoms with Gasteiger partial charge in [0.05, 0.1) is 11.7 Å². The van der Waals surface area contributed by atoms with Gasteiger partial charge in [0.15, 0.2) is 0 Å². The molecule has 0 aliphatic carbocycles. The number of aromatic hydroxyl groups is 1. The van der Waals surface area contributed by atoms with Crippen LogP contribution in [0.1, 0.15) is 20.8 Å². The maximum absolute atomic E-state index is 11.6. The second-order valence-corrected chi connectivity index (χ2v) is 8.14. The van der Waals surface area contributed by atoms with Gasteiger partial charge in [0, 0.05) is 36.4 Å². The molecule has 27 heavy (non-hydrogen) atoms. The lowest BCUT2D eigenvalue weighted by molar-refractivity contribution is 0.0745. The summed E-state index contributed by atoms with van der Waals surface area (Å²) in [6.45, 7) is 7.47. The highest BCUT2D eigenvalue weighted by atomic mass is 35.5. The second kappa shape index (κ2) is 7.23. The number of rotatable bonds is 2. The Morgan fingerprint density at radius 2 is 2.00 bits per heavy atom. The van der Waals surface area contributed by atoms with Crippen molar-refractivity contribution in [3.63, 3.8) is 0 Å². The number of amides is 1. The van der Waals surface area contributed by atoms with E-state index in [0.29, 0.717) is 41.9 Å². The van der Waals surface area contributed by atoms with Gasteiger partial charge in [-0.25, -0.2) is 14.8 Å². The molecule has 8 heteroatoms. The van der Waals surface area contributed by atoms with Crippen LogP contribution in [0.15, 0.2) is 30.5 Å². The summed E-state index contributed by atoms with van der Waals surface area (Å²) < 4.78 is 0. The van der Waals surface area contributed by atoms with E-state index in [1.54, 1.807) is 24.4 Å². The van der Waals surface area contributed by atoms with Gasteiger partial charge < -0.3 is 20.0 Å². The van der Waals surface area contributed by atoms with Crippen LogP contribution in [0.5, 0.6) is 5.75 Å². The number of aromatic nitrogens is 2. The number of benzene rings is 1. The molecule has 0 radical (unpaired) electrons. The Morgan fingerprint density at radius 3 is 2.67 bits per heavy atom. The number of piperazine rings is 1. The van der Waals surface area contributed by atoms with Crippen LogP contribution in [0.25, 0.3) is 11.3 Å². The molecular weight excluding hydrogens is 368 g/mol. The number of nitrogens with zero attached hydrogens (tertiary/aromatic N) is 4. The van der Waals surface area contributed by atoms with Crippen LogP contribution in [-0.4, -0.2) is 56.9 Å². The largest absolute Gasteiger partial charge is 0.507 e. The third-order valence-corrected chi connectivity index (χ3v) is 5.02. The zero-order valence-electron chi connectivity index (χ0n) is 15.6. The van der Waals surface area contributed by atoms with E-state index >= 15 is 0 Å². The summed E-state index contributed by atoms with van der Waals surface area (Å²) in [5.74, 6) is 0.596. The fourth-order valence-corrected chi connectivity index (χ4v) is 3.47. The normalized spacial score (nSPS) is 17.9. The maximum atomic E-state index is 11.6. The molecule has 1 aliphatic rings. The molecule has 1 unspecified atom stereocenters. The molecule has 3 rings (SSSR count). The SMILES string of the molecule is CC(C)(C)C1CN(c2nccc(-c3cc(Cl)ccc3O)n2)CCN1C(=O)O. The van der Waals surface area contributed by atoms with E-state index < -0.39 is 6.09 Å². The van der Waals surface area contributed by atoms with Gasteiger partial charge in [0.2, 0.25) is 5.95 Å². The summed E-state index contributed by atoms with van der Waals surface area (Å²) in [5, 5.41) is 20.1. The van der Waals surface area contributed by atoms with E-state index in [9.17, 15) is 15.0 Å². The van der Waals surface area contributed by atoms with Crippen molar-refractivity contribution in [1.29, 1.82) is 0 Å². The van der Waals surface area contributed by atoms with Crippen molar-refractivity contribution in [3.8, 4) is 17.0 Å². The number of halogens is 1. The van der Waals surface area contributed by atoms with Gasteiger partial charge in [0.25, 0.3) is 0 Å². The van der Waals surface area contributed by atoms with Gasteiger partial charge >= 0.3 is 6.09 Å². The number of carboxylic acid groups (broad SMARTS) is 1. The molecule has 1 aromatic carbocycles. The number of carbonyl (C=O) groups is 1. The predicted octanol–water partition coefficient (Wildman–Crippen LogP) is 3.72. The molecule has 144 valence electrons. The van der Waals surface area contributed by atoms with Crippen molar-refractivity contribution in [2.45, 2.75) is 26.8 Å². The van der Waals surface area contributed by atoms with Crippen LogP contribution < -0.4 is 4.90 Å². The minimum absolute atomic E-state index is 0.0901. The average Bonchev–Trinajstić information content (AvgIpc) is 2.62. The van der Waals surface area contributed by atoms with Crippen molar-refractivity contribution in [2.24, 2.45) is 5.41 Å². The van der Waals surface area contributed by atoms with Crippen LogP contribution >= 0.6 is 11.6 Å².